The van der Waals surface area contributed by atoms with Crippen molar-refractivity contribution in [3.05, 3.63) is 89.8 Å². The first kappa shape index (κ1) is 21.3. The summed E-state index contributed by atoms with van der Waals surface area (Å²) in [6.07, 6.45) is 7.84. The van der Waals surface area contributed by atoms with Gasteiger partial charge in [-0.05, 0) is 55.0 Å². The number of benzene rings is 2. The molecule has 1 fully saturated rings. The number of hydrogen-bond acceptors (Lipinski definition) is 5. The molecular formula is C27H26N4OS. The van der Waals surface area contributed by atoms with E-state index in [9.17, 15) is 4.79 Å². The molecule has 1 aliphatic rings. The SMILES string of the molecule is C/C=C(/Nc1cc2cc(-c3cncs3)ccc2cn1)C1CCN(C(=O)c2ccccc2)CC1. The van der Waals surface area contributed by atoms with Crippen molar-refractivity contribution in [2.45, 2.75) is 19.8 Å². The maximum absolute atomic E-state index is 12.8. The van der Waals surface area contributed by atoms with Crippen LogP contribution in [0.2, 0.25) is 0 Å². The fourth-order valence-corrected chi connectivity index (χ4v) is 5.06. The number of nitrogens with one attached hydrogen (secondary N) is 1. The van der Waals surface area contributed by atoms with Crippen LogP contribution in [0.4, 0.5) is 5.82 Å². The lowest BCUT2D eigenvalue weighted by molar-refractivity contribution is 0.0702. The minimum atomic E-state index is 0.122. The van der Waals surface area contributed by atoms with Crippen LogP contribution in [0, 0.1) is 5.92 Å². The fraction of sp³-hybridized carbons (Fsp3) is 0.222. The second-order valence-electron chi connectivity index (χ2n) is 8.30. The van der Waals surface area contributed by atoms with Gasteiger partial charge in [0.25, 0.3) is 5.91 Å². The lowest BCUT2D eigenvalue weighted by Crippen LogP contribution is -2.39. The number of likely N-dealkylation sites (tertiary alicyclic amines) is 1. The third kappa shape index (κ3) is 4.66. The molecule has 6 heteroatoms. The fourth-order valence-electron chi connectivity index (χ4n) is 4.44. The Hall–Kier alpha value is -3.51. The van der Waals surface area contributed by atoms with E-state index < -0.39 is 0 Å². The first-order valence-electron chi connectivity index (χ1n) is 11.3. The first-order chi connectivity index (χ1) is 16.2. The van der Waals surface area contributed by atoms with E-state index in [4.69, 9.17) is 0 Å². The van der Waals surface area contributed by atoms with E-state index in [0.29, 0.717) is 5.92 Å². The number of carbonyl (C=O) groups excluding carboxylic acids is 1. The molecule has 0 aliphatic carbocycles. The highest BCUT2D eigenvalue weighted by Crippen LogP contribution is 2.30. The molecule has 4 aromatic rings. The number of anilines is 1. The monoisotopic (exact) mass is 454 g/mol. The van der Waals surface area contributed by atoms with Gasteiger partial charge in [-0.15, -0.1) is 11.3 Å². The van der Waals surface area contributed by atoms with Crippen LogP contribution >= 0.6 is 11.3 Å². The van der Waals surface area contributed by atoms with E-state index in [0.717, 1.165) is 53.0 Å². The summed E-state index contributed by atoms with van der Waals surface area (Å²) in [7, 11) is 0. The van der Waals surface area contributed by atoms with Gasteiger partial charge in [-0.2, -0.15) is 0 Å². The van der Waals surface area contributed by atoms with Crippen LogP contribution in [0.15, 0.2) is 84.3 Å². The molecule has 5 rings (SSSR count). The second kappa shape index (κ2) is 9.55. The Morgan fingerprint density at radius 1 is 1.06 bits per heavy atom. The topological polar surface area (TPSA) is 58.1 Å². The van der Waals surface area contributed by atoms with Crippen LogP contribution in [0.25, 0.3) is 21.2 Å². The minimum absolute atomic E-state index is 0.122. The van der Waals surface area contributed by atoms with Gasteiger partial charge in [0.1, 0.15) is 5.82 Å². The summed E-state index contributed by atoms with van der Waals surface area (Å²) in [5.74, 6) is 1.35. The summed E-state index contributed by atoms with van der Waals surface area (Å²) in [4.78, 5) is 24.7. The molecule has 2 aromatic carbocycles. The zero-order valence-electron chi connectivity index (χ0n) is 18.6. The number of piperidine rings is 1. The Morgan fingerprint density at radius 3 is 2.61 bits per heavy atom. The molecule has 166 valence electrons. The van der Waals surface area contributed by atoms with E-state index in [-0.39, 0.29) is 5.91 Å². The Morgan fingerprint density at radius 2 is 1.88 bits per heavy atom. The van der Waals surface area contributed by atoms with Gasteiger partial charge < -0.3 is 10.2 Å². The number of aromatic nitrogens is 2. The maximum Gasteiger partial charge on any atom is 0.253 e. The van der Waals surface area contributed by atoms with Crippen molar-refractivity contribution in [1.82, 2.24) is 14.9 Å². The molecule has 0 atom stereocenters. The number of thiazole rings is 1. The van der Waals surface area contributed by atoms with Gasteiger partial charge in [0.05, 0.1) is 10.4 Å². The molecule has 0 spiro atoms. The largest absolute Gasteiger partial charge is 0.344 e. The molecule has 0 unspecified atom stereocenters. The third-order valence-electron chi connectivity index (χ3n) is 6.26. The number of allylic oxidation sites excluding steroid dienone is 2. The van der Waals surface area contributed by atoms with E-state index in [2.05, 4.69) is 52.5 Å². The molecular weight excluding hydrogens is 428 g/mol. The summed E-state index contributed by atoms with van der Waals surface area (Å²) in [6, 6.07) is 18.1. The van der Waals surface area contributed by atoms with E-state index >= 15 is 0 Å². The van der Waals surface area contributed by atoms with Gasteiger partial charge in [0.2, 0.25) is 0 Å². The molecule has 1 saturated heterocycles. The maximum atomic E-state index is 12.8. The predicted octanol–water partition coefficient (Wildman–Crippen LogP) is 6.23. The molecule has 0 saturated carbocycles. The normalized spacial score (nSPS) is 15.1. The average molecular weight is 455 g/mol. The summed E-state index contributed by atoms with van der Waals surface area (Å²) in [6.45, 7) is 3.59. The van der Waals surface area contributed by atoms with Crippen LogP contribution in [0.1, 0.15) is 30.1 Å². The van der Waals surface area contributed by atoms with Crippen molar-refractivity contribution in [3.8, 4) is 10.4 Å². The highest BCUT2D eigenvalue weighted by Gasteiger charge is 2.25. The van der Waals surface area contributed by atoms with Crippen molar-refractivity contribution < 1.29 is 4.79 Å². The first-order valence-corrected chi connectivity index (χ1v) is 12.2. The van der Waals surface area contributed by atoms with Crippen molar-refractivity contribution in [2.75, 3.05) is 18.4 Å². The second-order valence-corrected chi connectivity index (χ2v) is 9.19. The lowest BCUT2D eigenvalue weighted by atomic mass is 9.92. The van der Waals surface area contributed by atoms with Crippen molar-refractivity contribution >= 4 is 33.8 Å². The Labute approximate surface area is 197 Å². The number of hydrogen-bond donors (Lipinski definition) is 1. The molecule has 0 radical (unpaired) electrons. The molecule has 1 aliphatic heterocycles. The minimum Gasteiger partial charge on any atom is -0.344 e. The number of carbonyl (C=O) groups is 1. The quantitative estimate of drug-likeness (QED) is 0.389. The Balaban J connectivity index is 1.27. The van der Waals surface area contributed by atoms with Crippen molar-refractivity contribution in [1.29, 1.82) is 0 Å². The standard InChI is InChI=1S/C27H26N4OS/c1-2-24(19-10-12-31(13-11-19)27(32)20-6-4-3-5-7-20)30-26-15-23-14-21(25-17-28-18-33-25)8-9-22(23)16-29-26/h2-9,14-19H,10-13H2,1H3,(H,29,30)/b24-2+. The summed E-state index contributed by atoms with van der Waals surface area (Å²) in [5, 5.41) is 5.82. The Kier molecular flexibility index (Phi) is 6.17. The highest BCUT2D eigenvalue weighted by molar-refractivity contribution is 7.13. The Bertz CT molecular complexity index is 1280. The third-order valence-corrected chi connectivity index (χ3v) is 7.09. The van der Waals surface area contributed by atoms with Gasteiger partial charge in [-0.1, -0.05) is 36.4 Å². The predicted molar refractivity (Wildman–Crippen MR) is 135 cm³/mol. The zero-order valence-corrected chi connectivity index (χ0v) is 19.4. The summed E-state index contributed by atoms with van der Waals surface area (Å²) < 4.78 is 0. The summed E-state index contributed by atoms with van der Waals surface area (Å²) in [5.41, 5.74) is 4.96. The molecule has 1 N–H and O–H groups in total. The van der Waals surface area contributed by atoms with Gasteiger partial charge in [0, 0.05) is 48.0 Å². The zero-order chi connectivity index (χ0) is 22.6. The van der Waals surface area contributed by atoms with Gasteiger partial charge in [-0.3, -0.25) is 9.78 Å². The van der Waals surface area contributed by atoms with Crippen LogP contribution in [0.3, 0.4) is 0 Å². The van der Waals surface area contributed by atoms with Crippen LogP contribution in [-0.4, -0.2) is 33.9 Å². The molecule has 2 aromatic heterocycles. The van der Waals surface area contributed by atoms with Crippen molar-refractivity contribution in [3.63, 3.8) is 0 Å². The van der Waals surface area contributed by atoms with E-state index in [1.807, 2.05) is 53.1 Å². The van der Waals surface area contributed by atoms with E-state index in [1.54, 1.807) is 11.3 Å². The van der Waals surface area contributed by atoms with Crippen molar-refractivity contribution in [2.24, 2.45) is 5.92 Å². The average Bonchev–Trinajstić information content (AvgIpc) is 3.42. The smallest absolute Gasteiger partial charge is 0.253 e. The lowest BCUT2D eigenvalue weighted by Gasteiger charge is -2.33. The van der Waals surface area contributed by atoms with Gasteiger partial charge >= 0.3 is 0 Å². The van der Waals surface area contributed by atoms with Gasteiger partial charge in [0.15, 0.2) is 0 Å². The number of nitrogens with zero attached hydrogens (tertiary/aromatic N) is 3. The molecule has 3 heterocycles. The number of amides is 1. The molecule has 1 amide bonds. The number of pyridine rings is 1. The van der Waals surface area contributed by atoms with E-state index in [1.165, 1.54) is 11.3 Å². The number of rotatable bonds is 5. The van der Waals surface area contributed by atoms with Gasteiger partial charge in [-0.25, -0.2) is 4.98 Å². The molecule has 5 nitrogen and oxygen atoms in total. The van der Waals surface area contributed by atoms with Crippen LogP contribution in [-0.2, 0) is 0 Å². The number of fused-ring (bicyclic) bond motifs is 1. The summed E-state index contributed by atoms with van der Waals surface area (Å²) >= 11 is 1.64. The molecule has 0 bridgehead atoms. The van der Waals surface area contributed by atoms with Crippen LogP contribution in [0.5, 0.6) is 0 Å². The highest BCUT2D eigenvalue weighted by atomic mass is 32.1. The van der Waals surface area contributed by atoms with Crippen LogP contribution < -0.4 is 5.32 Å². The molecule has 33 heavy (non-hydrogen) atoms.